The lowest BCUT2D eigenvalue weighted by Crippen LogP contribution is -2.42. The molecule has 2 bridgehead atoms. The van der Waals surface area contributed by atoms with Crippen LogP contribution in [0.4, 0.5) is 17.1 Å². The van der Waals surface area contributed by atoms with E-state index in [1.54, 1.807) is 5.57 Å². The quantitative estimate of drug-likeness (QED) is 0.188. The lowest BCUT2D eigenvalue weighted by atomic mass is 9.55. The Labute approximate surface area is 266 Å². The standard InChI is InChI=1S/C42H38ClN/c1-27-13-17-34(18-14-27)44(35-19-15-31(16-20-35)30-9-5-4-6-10-30)41-25-39-37(24-40(41)43)36-11-7-8-12-38(36)42(39)26-29(3)32-21-28(2)22-33(42)23-32/h4-20,24-26,28,32-33H,21-23H2,1-3H3. The molecule has 0 aliphatic heterocycles. The maximum Gasteiger partial charge on any atom is 0.0653 e. The molecule has 1 saturated carbocycles. The second-order valence-electron chi connectivity index (χ2n) is 13.4. The average molecular weight is 592 g/mol. The van der Waals surface area contributed by atoms with Gasteiger partial charge in [-0.05, 0) is 121 Å². The highest BCUT2D eigenvalue weighted by atomic mass is 35.5. The van der Waals surface area contributed by atoms with Gasteiger partial charge < -0.3 is 4.90 Å². The van der Waals surface area contributed by atoms with E-state index < -0.39 is 0 Å². The zero-order chi connectivity index (χ0) is 30.0. The number of fused-ring (bicyclic) bond motifs is 8. The summed E-state index contributed by atoms with van der Waals surface area (Å²) < 4.78 is 0. The summed E-state index contributed by atoms with van der Waals surface area (Å²) in [6.07, 6.45) is 6.50. The van der Waals surface area contributed by atoms with Gasteiger partial charge in [-0.1, -0.05) is 115 Å². The number of halogens is 1. The fourth-order valence-electron chi connectivity index (χ4n) is 8.61. The van der Waals surface area contributed by atoms with Gasteiger partial charge >= 0.3 is 0 Å². The number of aryl methyl sites for hydroxylation is 1. The van der Waals surface area contributed by atoms with E-state index in [0.29, 0.717) is 11.8 Å². The van der Waals surface area contributed by atoms with Crippen LogP contribution in [0.2, 0.25) is 5.02 Å². The molecule has 4 unspecified atom stereocenters. The molecule has 3 aliphatic rings. The molecule has 218 valence electrons. The van der Waals surface area contributed by atoms with Crippen LogP contribution in [0.5, 0.6) is 0 Å². The molecule has 0 N–H and O–H groups in total. The zero-order valence-corrected chi connectivity index (χ0v) is 26.5. The van der Waals surface area contributed by atoms with Gasteiger partial charge in [0.1, 0.15) is 0 Å². The first kappa shape index (κ1) is 27.5. The van der Waals surface area contributed by atoms with Crippen LogP contribution in [-0.2, 0) is 5.41 Å². The van der Waals surface area contributed by atoms with E-state index in [9.17, 15) is 0 Å². The van der Waals surface area contributed by atoms with Crippen molar-refractivity contribution in [2.75, 3.05) is 4.90 Å². The second-order valence-corrected chi connectivity index (χ2v) is 13.8. The minimum atomic E-state index is -0.128. The lowest BCUT2D eigenvalue weighted by Gasteiger charge is -2.49. The Balaban J connectivity index is 1.34. The average Bonchev–Trinajstić information content (AvgIpc) is 3.31. The van der Waals surface area contributed by atoms with Crippen LogP contribution in [0.1, 0.15) is 49.8 Å². The van der Waals surface area contributed by atoms with Gasteiger partial charge in [0.15, 0.2) is 0 Å². The van der Waals surface area contributed by atoms with Crippen LogP contribution in [0.15, 0.2) is 127 Å². The number of allylic oxidation sites excluding steroid dienone is 2. The van der Waals surface area contributed by atoms with E-state index in [1.165, 1.54) is 58.2 Å². The number of hydrogen-bond acceptors (Lipinski definition) is 1. The van der Waals surface area contributed by atoms with Crippen molar-refractivity contribution in [3.63, 3.8) is 0 Å². The van der Waals surface area contributed by atoms with Gasteiger partial charge in [-0.2, -0.15) is 0 Å². The van der Waals surface area contributed by atoms with Crippen LogP contribution in [-0.4, -0.2) is 0 Å². The molecule has 2 heteroatoms. The topological polar surface area (TPSA) is 3.24 Å². The van der Waals surface area contributed by atoms with Gasteiger partial charge in [-0.15, -0.1) is 0 Å². The first-order valence-electron chi connectivity index (χ1n) is 16.1. The van der Waals surface area contributed by atoms with Crippen molar-refractivity contribution in [3.05, 3.63) is 149 Å². The first-order chi connectivity index (χ1) is 21.4. The molecule has 44 heavy (non-hydrogen) atoms. The minimum absolute atomic E-state index is 0.128. The molecule has 1 fully saturated rings. The summed E-state index contributed by atoms with van der Waals surface area (Å²) in [6, 6.07) is 42.1. The number of nitrogens with zero attached hydrogens (tertiary/aromatic N) is 1. The third kappa shape index (κ3) is 4.28. The number of anilines is 3. The zero-order valence-electron chi connectivity index (χ0n) is 25.7. The van der Waals surface area contributed by atoms with E-state index in [4.69, 9.17) is 11.6 Å². The fourth-order valence-corrected chi connectivity index (χ4v) is 8.86. The third-order valence-corrected chi connectivity index (χ3v) is 11.0. The van der Waals surface area contributed by atoms with Crippen molar-refractivity contribution in [1.29, 1.82) is 0 Å². The van der Waals surface area contributed by atoms with Crippen molar-refractivity contribution in [2.24, 2.45) is 17.8 Å². The van der Waals surface area contributed by atoms with Crippen molar-refractivity contribution in [2.45, 2.75) is 45.4 Å². The minimum Gasteiger partial charge on any atom is -0.309 e. The van der Waals surface area contributed by atoms with E-state index in [0.717, 1.165) is 28.0 Å². The first-order valence-corrected chi connectivity index (χ1v) is 16.5. The summed E-state index contributed by atoms with van der Waals surface area (Å²) in [6.45, 7) is 6.98. The molecule has 1 spiro atoms. The molecule has 3 aliphatic carbocycles. The van der Waals surface area contributed by atoms with E-state index in [2.05, 4.69) is 147 Å². The van der Waals surface area contributed by atoms with Crippen molar-refractivity contribution in [3.8, 4) is 22.3 Å². The molecule has 0 amide bonds. The number of benzene rings is 5. The number of rotatable bonds is 4. The van der Waals surface area contributed by atoms with Crippen molar-refractivity contribution in [1.82, 2.24) is 0 Å². The van der Waals surface area contributed by atoms with Crippen LogP contribution in [0.3, 0.4) is 0 Å². The van der Waals surface area contributed by atoms with Crippen LogP contribution in [0, 0.1) is 24.7 Å². The maximum absolute atomic E-state index is 7.35. The van der Waals surface area contributed by atoms with Gasteiger partial charge in [0.25, 0.3) is 0 Å². The molecule has 5 aromatic carbocycles. The van der Waals surface area contributed by atoms with Crippen LogP contribution < -0.4 is 4.90 Å². The van der Waals surface area contributed by atoms with Gasteiger partial charge in [-0.3, -0.25) is 0 Å². The molecule has 0 saturated heterocycles. The second kappa shape index (κ2) is 10.5. The highest BCUT2D eigenvalue weighted by Crippen LogP contribution is 2.62. The van der Waals surface area contributed by atoms with Gasteiger partial charge in [-0.25, -0.2) is 0 Å². The molecular weight excluding hydrogens is 554 g/mol. The van der Waals surface area contributed by atoms with Gasteiger partial charge in [0.05, 0.1) is 10.7 Å². The molecule has 4 atom stereocenters. The summed E-state index contributed by atoms with van der Waals surface area (Å²) in [7, 11) is 0. The largest absolute Gasteiger partial charge is 0.309 e. The number of hydrogen-bond donors (Lipinski definition) is 0. The summed E-state index contributed by atoms with van der Waals surface area (Å²) in [4.78, 5) is 2.35. The van der Waals surface area contributed by atoms with Crippen LogP contribution in [0.25, 0.3) is 22.3 Å². The van der Waals surface area contributed by atoms with Gasteiger partial charge in [0.2, 0.25) is 0 Å². The predicted octanol–water partition coefficient (Wildman–Crippen LogP) is 12.1. The third-order valence-electron chi connectivity index (χ3n) is 10.6. The fraction of sp³-hybridized carbons (Fsp3) is 0.238. The monoisotopic (exact) mass is 591 g/mol. The Kier molecular flexibility index (Phi) is 6.58. The van der Waals surface area contributed by atoms with E-state index in [1.807, 2.05) is 0 Å². The molecule has 0 aromatic heterocycles. The molecular formula is C42H38ClN. The molecule has 0 heterocycles. The van der Waals surface area contributed by atoms with E-state index >= 15 is 0 Å². The van der Waals surface area contributed by atoms with Crippen molar-refractivity contribution >= 4 is 28.7 Å². The van der Waals surface area contributed by atoms with E-state index in [-0.39, 0.29) is 5.41 Å². The highest BCUT2D eigenvalue weighted by Gasteiger charge is 2.52. The van der Waals surface area contributed by atoms with Crippen LogP contribution >= 0.6 is 11.6 Å². The highest BCUT2D eigenvalue weighted by molar-refractivity contribution is 6.34. The molecule has 5 aromatic rings. The molecule has 8 rings (SSSR count). The Morgan fingerprint density at radius 3 is 2.07 bits per heavy atom. The lowest BCUT2D eigenvalue weighted by molar-refractivity contribution is 0.168. The smallest absolute Gasteiger partial charge is 0.0653 e. The Morgan fingerprint density at radius 2 is 1.32 bits per heavy atom. The summed E-state index contributed by atoms with van der Waals surface area (Å²) in [5.41, 5.74) is 13.8. The summed E-state index contributed by atoms with van der Waals surface area (Å²) in [5, 5.41) is 0.773. The Morgan fingerprint density at radius 1 is 0.659 bits per heavy atom. The Hall–Kier alpha value is -4.07. The maximum atomic E-state index is 7.35. The normalized spacial score (nSPS) is 23.2. The summed E-state index contributed by atoms with van der Waals surface area (Å²) >= 11 is 7.35. The molecule has 1 nitrogen and oxygen atoms in total. The SMILES string of the molecule is CC1=CC2(c3ccccc3-c3cc(Cl)c(N(c4ccc(C)cc4)c4ccc(-c5ccccc5)cc4)cc32)C2CC(C)CC1C2. The molecule has 0 radical (unpaired) electrons. The predicted molar refractivity (Wildman–Crippen MR) is 186 cm³/mol. The Bertz CT molecular complexity index is 1890. The van der Waals surface area contributed by atoms with Gasteiger partial charge in [0, 0.05) is 16.8 Å². The van der Waals surface area contributed by atoms with Crippen molar-refractivity contribution < 1.29 is 0 Å². The summed E-state index contributed by atoms with van der Waals surface area (Å²) in [5.74, 6) is 2.01.